The molecule has 1 amide bonds. The smallest absolute Gasteiger partial charge is 0.261 e. The number of amides is 1. The Balaban J connectivity index is 1.69. The largest absolute Gasteiger partial charge is 0.508 e. The van der Waals surface area contributed by atoms with E-state index in [0.29, 0.717) is 11.3 Å². The number of nitrogen functional groups attached to an aromatic ring is 1. The van der Waals surface area contributed by atoms with E-state index in [9.17, 15) is 9.90 Å². The first-order valence-corrected chi connectivity index (χ1v) is 7.92. The summed E-state index contributed by atoms with van der Waals surface area (Å²) < 4.78 is 0. The van der Waals surface area contributed by atoms with Gasteiger partial charge < -0.3 is 16.2 Å². The summed E-state index contributed by atoms with van der Waals surface area (Å²) in [5.41, 5.74) is 8.21. The molecule has 0 bridgehead atoms. The van der Waals surface area contributed by atoms with Gasteiger partial charge in [-0.1, -0.05) is 0 Å². The van der Waals surface area contributed by atoms with Gasteiger partial charge in [0.05, 0.1) is 4.88 Å². The van der Waals surface area contributed by atoms with Crippen molar-refractivity contribution in [3.63, 3.8) is 0 Å². The molecular formula is C16H18N2O2S. The van der Waals surface area contributed by atoms with Crippen LogP contribution in [0.1, 0.15) is 38.5 Å². The lowest BCUT2D eigenvalue weighted by Crippen LogP contribution is -2.21. The zero-order chi connectivity index (χ0) is 14.8. The lowest BCUT2D eigenvalue weighted by atomic mass is 9.99. The molecule has 21 heavy (non-hydrogen) atoms. The van der Waals surface area contributed by atoms with E-state index in [1.165, 1.54) is 23.3 Å². The van der Waals surface area contributed by atoms with Crippen molar-refractivity contribution in [2.24, 2.45) is 0 Å². The number of hydrogen-bond acceptors (Lipinski definition) is 4. The highest BCUT2D eigenvalue weighted by atomic mass is 32.1. The van der Waals surface area contributed by atoms with E-state index in [-0.39, 0.29) is 18.2 Å². The normalized spacial score (nSPS) is 13.7. The fourth-order valence-electron chi connectivity index (χ4n) is 2.61. The molecule has 0 saturated heterocycles. The Kier molecular flexibility index (Phi) is 3.84. The van der Waals surface area contributed by atoms with Crippen molar-refractivity contribution in [2.75, 3.05) is 5.73 Å². The van der Waals surface area contributed by atoms with E-state index in [1.54, 1.807) is 29.5 Å². The second kappa shape index (κ2) is 5.77. The van der Waals surface area contributed by atoms with Gasteiger partial charge in [0, 0.05) is 22.7 Å². The standard InChI is InChI=1S/C16H18N2O2S/c17-12-5-6-13(19)11(7-12)9-18-16(20)15-8-10-3-1-2-4-14(10)21-15/h5-8,19H,1-4,9,17H2,(H,18,20). The second-order valence-electron chi connectivity index (χ2n) is 5.34. The summed E-state index contributed by atoms with van der Waals surface area (Å²) in [4.78, 5) is 14.3. The van der Waals surface area contributed by atoms with Gasteiger partial charge in [-0.15, -0.1) is 11.3 Å². The van der Waals surface area contributed by atoms with E-state index < -0.39 is 0 Å². The lowest BCUT2D eigenvalue weighted by molar-refractivity contribution is 0.0954. The minimum atomic E-state index is -0.0868. The topological polar surface area (TPSA) is 75.3 Å². The highest BCUT2D eigenvalue weighted by molar-refractivity contribution is 7.14. The number of phenols is 1. The minimum absolute atomic E-state index is 0.0868. The molecule has 4 nitrogen and oxygen atoms in total. The summed E-state index contributed by atoms with van der Waals surface area (Å²) in [6.07, 6.45) is 4.59. The number of carbonyl (C=O) groups excluding carboxylic acids is 1. The van der Waals surface area contributed by atoms with Crippen molar-refractivity contribution in [3.8, 4) is 5.75 Å². The minimum Gasteiger partial charge on any atom is -0.508 e. The lowest BCUT2D eigenvalue weighted by Gasteiger charge is -2.08. The van der Waals surface area contributed by atoms with E-state index in [0.717, 1.165) is 17.7 Å². The summed E-state index contributed by atoms with van der Waals surface area (Å²) in [5.74, 6) is 0.0613. The summed E-state index contributed by atoms with van der Waals surface area (Å²) >= 11 is 1.59. The molecule has 0 aliphatic heterocycles. The number of nitrogens with two attached hydrogens (primary N) is 1. The van der Waals surface area contributed by atoms with Crippen LogP contribution in [0.2, 0.25) is 0 Å². The van der Waals surface area contributed by atoms with E-state index in [2.05, 4.69) is 5.32 Å². The van der Waals surface area contributed by atoms with Crippen molar-refractivity contribution in [1.29, 1.82) is 0 Å². The number of nitrogens with one attached hydrogen (secondary N) is 1. The number of aromatic hydroxyl groups is 1. The Morgan fingerprint density at radius 1 is 1.29 bits per heavy atom. The van der Waals surface area contributed by atoms with Crippen molar-refractivity contribution >= 4 is 22.9 Å². The number of phenolic OH excluding ortho intramolecular Hbond substituents is 1. The number of benzene rings is 1. The van der Waals surface area contributed by atoms with Crippen LogP contribution in [-0.4, -0.2) is 11.0 Å². The van der Waals surface area contributed by atoms with E-state index in [4.69, 9.17) is 5.73 Å². The molecule has 1 aliphatic rings. The second-order valence-corrected chi connectivity index (χ2v) is 6.47. The fraction of sp³-hybridized carbons (Fsp3) is 0.312. The highest BCUT2D eigenvalue weighted by Gasteiger charge is 2.17. The number of rotatable bonds is 3. The van der Waals surface area contributed by atoms with Crippen molar-refractivity contribution in [3.05, 3.63) is 45.1 Å². The molecule has 1 aromatic heterocycles. The molecule has 0 radical (unpaired) electrons. The van der Waals surface area contributed by atoms with Gasteiger partial charge in [0.15, 0.2) is 0 Å². The maximum atomic E-state index is 12.2. The van der Waals surface area contributed by atoms with Crippen LogP contribution < -0.4 is 11.1 Å². The molecule has 4 N–H and O–H groups in total. The van der Waals surface area contributed by atoms with Crippen LogP contribution >= 0.6 is 11.3 Å². The van der Waals surface area contributed by atoms with Crippen LogP contribution in [0.25, 0.3) is 0 Å². The van der Waals surface area contributed by atoms with Gasteiger partial charge in [0.1, 0.15) is 5.75 Å². The third-order valence-electron chi connectivity index (χ3n) is 3.76. The predicted octanol–water partition coefficient (Wildman–Crippen LogP) is 2.84. The molecule has 0 spiro atoms. The van der Waals surface area contributed by atoms with Crippen LogP contribution in [0, 0.1) is 0 Å². The average Bonchev–Trinajstić information content (AvgIpc) is 2.92. The van der Waals surface area contributed by atoms with Crippen molar-refractivity contribution < 1.29 is 9.90 Å². The van der Waals surface area contributed by atoms with Crippen LogP contribution in [0.15, 0.2) is 24.3 Å². The van der Waals surface area contributed by atoms with E-state index in [1.807, 2.05) is 6.07 Å². The van der Waals surface area contributed by atoms with Crippen LogP contribution in [0.3, 0.4) is 0 Å². The third kappa shape index (κ3) is 3.03. The Labute approximate surface area is 127 Å². The molecule has 0 fully saturated rings. The average molecular weight is 302 g/mol. The predicted molar refractivity (Wildman–Crippen MR) is 84.7 cm³/mol. The van der Waals surface area contributed by atoms with E-state index >= 15 is 0 Å². The summed E-state index contributed by atoms with van der Waals surface area (Å²) in [7, 11) is 0. The van der Waals surface area contributed by atoms with Crippen LogP contribution in [-0.2, 0) is 19.4 Å². The summed E-state index contributed by atoms with van der Waals surface area (Å²) in [5, 5.41) is 12.6. The molecule has 110 valence electrons. The van der Waals surface area contributed by atoms with Gasteiger partial charge in [0.25, 0.3) is 5.91 Å². The zero-order valence-electron chi connectivity index (χ0n) is 11.7. The summed E-state index contributed by atoms with van der Waals surface area (Å²) in [6.45, 7) is 0.276. The van der Waals surface area contributed by atoms with Crippen molar-refractivity contribution in [1.82, 2.24) is 5.32 Å². The first-order chi connectivity index (χ1) is 10.1. The number of anilines is 1. The van der Waals surface area contributed by atoms with Gasteiger partial charge in [-0.05, 0) is 55.5 Å². The molecule has 3 rings (SSSR count). The first kappa shape index (κ1) is 13.9. The van der Waals surface area contributed by atoms with Crippen molar-refractivity contribution in [2.45, 2.75) is 32.2 Å². The molecule has 1 aromatic carbocycles. The van der Waals surface area contributed by atoms with Crippen LogP contribution in [0.5, 0.6) is 5.75 Å². The molecule has 1 heterocycles. The third-order valence-corrected chi connectivity index (χ3v) is 5.00. The molecule has 0 unspecified atom stereocenters. The summed E-state index contributed by atoms with van der Waals surface area (Å²) in [6, 6.07) is 6.86. The molecule has 0 saturated carbocycles. The molecular weight excluding hydrogens is 284 g/mol. The number of thiophene rings is 1. The Bertz CT molecular complexity index is 655. The number of fused-ring (bicyclic) bond motifs is 1. The van der Waals surface area contributed by atoms with Gasteiger partial charge in [0.2, 0.25) is 0 Å². The molecule has 1 aliphatic carbocycles. The van der Waals surface area contributed by atoms with Gasteiger partial charge in [-0.3, -0.25) is 4.79 Å². The van der Waals surface area contributed by atoms with Gasteiger partial charge in [-0.2, -0.15) is 0 Å². The molecule has 0 atom stereocenters. The SMILES string of the molecule is Nc1ccc(O)c(CNC(=O)c2cc3c(s2)CCCC3)c1. The van der Waals surface area contributed by atoms with Crippen LogP contribution in [0.4, 0.5) is 5.69 Å². The number of carbonyl (C=O) groups is 1. The molecule has 2 aromatic rings. The Morgan fingerprint density at radius 2 is 2.10 bits per heavy atom. The number of aryl methyl sites for hydroxylation is 2. The highest BCUT2D eigenvalue weighted by Crippen LogP contribution is 2.29. The Morgan fingerprint density at radius 3 is 2.90 bits per heavy atom. The Hall–Kier alpha value is -2.01. The number of hydrogen-bond donors (Lipinski definition) is 3. The monoisotopic (exact) mass is 302 g/mol. The zero-order valence-corrected chi connectivity index (χ0v) is 12.5. The first-order valence-electron chi connectivity index (χ1n) is 7.10. The maximum Gasteiger partial charge on any atom is 0.261 e. The van der Waals surface area contributed by atoms with Gasteiger partial charge >= 0.3 is 0 Å². The maximum absolute atomic E-state index is 12.2. The quantitative estimate of drug-likeness (QED) is 0.603. The molecule has 5 heteroatoms. The fourth-order valence-corrected chi connectivity index (χ4v) is 3.78. The van der Waals surface area contributed by atoms with Gasteiger partial charge in [-0.25, -0.2) is 0 Å².